The number of nitrogens with zero attached hydrogens (tertiary/aromatic N) is 3. The summed E-state index contributed by atoms with van der Waals surface area (Å²) < 4.78 is 5.04. The van der Waals surface area contributed by atoms with Gasteiger partial charge in [0.05, 0.1) is 11.5 Å². The summed E-state index contributed by atoms with van der Waals surface area (Å²) in [4.78, 5) is 19.1. The van der Waals surface area contributed by atoms with Gasteiger partial charge in [0.25, 0.3) is 0 Å². The highest BCUT2D eigenvalue weighted by Gasteiger charge is 2.24. The van der Waals surface area contributed by atoms with Crippen LogP contribution in [0.2, 0.25) is 0 Å². The number of aromatic nitrogens is 2. The van der Waals surface area contributed by atoms with Gasteiger partial charge in [0.1, 0.15) is 6.33 Å². The van der Waals surface area contributed by atoms with Crippen LogP contribution in [0.15, 0.2) is 24.5 Å². The van der Waals surface area contributed by atoms with Crippen LogP contribution >= 0.6 is 0 Å². The van der Waals surface area contributed by atoms with Crippen LogP contribution in [0.4, 0.5) is 23.0 Å². The minimum atomic E-state index is -0.493. The van der Waals surface area contributed by atoms with E-state index >= 15 is 0 Å². The van der Waals surface area contributed by atoms with Gasteiger partial charge in [-0.3, -0.25) is 10.1 Å². The van der Waals surface area contributed by atoms with Gasteiger partial charge in [0.2, 0.25) is 11.6 Å². The maximum absolute atomic E-state index is 11.5. The van der Waals surface area contributed by atoms with E-state index in [0.717, 1.165) is 16.8 Å². The van der Waals surface area contributed by atoms with Crippen molar-refractivity contribution in [3.05, 3.63) is 45.8 Å². The second-order valence-corrected chi connectivity index (χ2v) is 5.68. The molecule has 1 heterocycles. The highest BCUT2D eigenvalue weighted by atomic mass is 16.6. The van der Waals surface area contributed by atoms with Crippen molar-refractivity contribution >= 4 is 23.0 Å². The number of aryl methyl sites for hydroxylation is 2. The highest BCUT2D eigenvalue weighted by molar-refractivity contribution is 5.74. The van der Waals surface area contributed by atoms with E-state index in [2.05, 4.69) is 20.6 Å². The summed E-state index contributed by atoms with van der Waals surface area (Å²) in [7, 11) is 1.57. The molecule has 24 heavy (non-hydrogen) atoms. The van der Waals surface area contributed by atoms with Crippen molar-refractivity contribution < 1.29 is 9.66 Å². The molecular weight excluding hydrogens is 310 g/mol. The van der Waals surface area contributed by atoms with Crippen LogP contribution in [-0.2, 0) is 4.74 Å². The number of anilines is 3. The summed E-state index contributed by atoms with van der Waals surface area (Å²) in [6.07, 6.45) is 1.29. The van der Waals surface area contributed by atoms with Crippen LogP contribution in [0.25, 0.3) is 0 Å². The molecule has 0 saturated carbocycles. The minimum absolute atomic E-state index is 0.127. The highest BCUT2D eigenvalue weighted by Crippen LogP contribution is 2.31. The Bertz CT molecular complexity index is 715. The van der Waals surface area contributed by atoms with E-state index in [0.29, 0.717) is 6.61 Å². The Morgan fingerprint density at radius 2 is 1.83 bits per heavy atom. The normalized spacial score (nSPS) is 11.8. The molecule has 0 fully saturated rings. The quantitative estimate of drug-likeness (QED) is 0.593. The third kappa shape index (κ3) is 4.39. The number of rotatable bonds is 7. The van der Waals surface area contributed by atoms with Crippen molar-refractivity contribution in [3.63, 3.8) is 0 Å². The summed E-state index contributed by atoms with van der Waals surface area (Å²) in [6, 6.07) is 5.70. The van der Waals surface area contributed by atoms with Gasteiger partial charge >= 0.3 is 5.69 Å². The number of benzene rings is 1. The molecule has 8 heteroatoms. The number of ether oxygens (including phenoxy) is 1. The zero-order valence-electron chi connectivity index (χ0n) is 14.2. The smallest absolute Gasteiger partial charge is 0.353 e. The SMILES string of the molecule is COCC(C)Nc1ncnc(Nc2cc(C)cc(C)c2)c1[N+](=O)[O-]. The predicted molar refractivity (Wildman–Crippen MR) is 92.8 cm³/mol. The Balaban J connectivity index is 2.37. The molecular formula is C16H21N5O3. The first kappa shape index (κ1) is 17.6. The van der Waals surface area contributed by atoms with Crippen molar-refractivity contribution in [1.82, 2.24) is 9.97 Å². The summed E-state index contributed by atoms with van der Waals surface area (Å²) in [5.41, 5.74) is 2.66. The van der Waals surface area contributed by atoms with Gasteiger partial charge in [-0.2, -0.15) is 0 Å². The molecule has 0 aliphatic rings. The topological polar surface area (TPSA) is 102 Å². The lowest BCUT2D eigenvalue weighted by Gasteiger charge is -2.15. The van der Waals surface area contributed by atoms with Gasteiger partial charge in [-0.1, -0.05) is 6.07 Å². The molecule has 1 atom stereocenters. The third-order valence-electron chi connectivity index (χ3n) is 3.29. The summed E-state index contributed by atoms with van der Waals surface area (Å²) >= 11 is 0. The maximum atomic E-state index is 11.5. The van der Waals surface area contributed by atoms with Crippen LogP contribution in [0.5, 0.6) is 0 Å². The molecule has 0 spiro atoms. The third-order valence-corrected chi connectivity index (χ3v) is 3.29. The summed E-state index contributed by atoms with van der Waals surface area (Å²) in [5, 5.41) is 17.5. The zero-order valence-corrected chi connectivity index (χ0v) is 14.2. The second kappa shape index (κ2) is 7.69. The van der Waals surface area contributed by atoms with Gasteiger partial charge in [-0.05, 0) is 44.0 Å². The molecule has 1 aromatic heterocycles. The molecule has 8 nitrogen and oxygen atoms in total. The molecule has 0 radical (unpaired) electrons. The largest absolute Gasteiger partial charge is 0.383 e. The van der Waals surface area contributed by atoms with E-state index < -0.39 is 4.92 Å². The van der Waals surface area contributed by atoms with Crippen molar-refractivity contribution in [3.8, 4) is 0 Å². The van der Waals surface area contributed by atoms with Gasteiger partial charge in [-0.15, -0.1) is 0 Å². The van der Waals surface area contributed by atoms with E-state index in [1.165, 1.54) is 6.33 Å². The molecule has 0 aliphatic heterocycles. The number of methoxy groups -OCH3 is 1. The fraction of sp³-hybridized carbons (Fsp3) is 0.375. The molecule has 0 bridgehead atoms. The van der Waals surface area contributed by atoms with Gasteiger partial charge < -0.3 is 15.4 Å². The average molecular weight is 331 g/mol. The number of nitrogens with one attached hydrogen (secondary N) is 2. The average Bonchev–Trinajstić information content (AvgIpc) is 2.46. The van der Waals surface area contributed by atoms with Crippen molar-refractivity contribution in [2.24, 2.45) is 0 Å². The van der Waals surface area contributed by atoms with Crippen LogP contribution in [0, 0.1) is 24.0 Å². The molecule has 0 saturated heterocycles. The second-order valence-electron chi connectivity index (χ2n) is 5.68. The number of nitro groups is 1. The van der Waals surface area contributed by atoms with Crippen LogP contribution < -0.4 is 10.6 Å². The lowest BCUT2D eigenvalue weighted by Crippen LogP contribution is -2.22. The first-order valence-electron chi connectivity index (χ1n) is 7.51. The Morgan fingerprint density at radius 1 is 1.21 bits per heavy atom. The van der Waals surface area contributed by atoms with E-state index in [9.17, 15) is 10.1 Å². The minimum Gasteiger partial charge on any atom is -0.383 e. The fourth-order valence-electron chi connectivity index (χ4n) is 2.46. The molecule has 0 amide bonds. The van der Waals surface area contributed by atoms with Gasteiger partial charge in [-0.25, -0.2) is 9.97 Å². The summed E-state index contributed by atoms with van der Waals surface area (Å²) in [6.45, 7) is 6.19. The van der Waals surface area contributed by atoms with E-state index in [-0.39, 0.29) is 23.4 Å². The van der Waals surface area contributed by atoms with Crippen LogP contribution in [0.3, 0.4) is 0 Å². The monoisotopic (exact) mass is 331 g/mol. The van der Waals surface area contributed by atoms with Gasteiger partial charge in [0.15, 0.2) is 0 Å². The molecule has 2 N–H and O–H groups in total. The molecule has 0 aliphatic carbocycles. The molecule has 128 valence electrons. The van der Waals surface area contributed by atoms with Crippen molar-refractivity contribution in [2.45, 2.75) is 26.8 Å². The first-order chi connectivity index (χ1) is 11.4. The van der Waals surface area contributed by atoms with E-state index in [1.54, 1.807) is 7.11 Å². The Morgan fingerprint density at radius 3 is 2.42 bits per heavy atom. The Hall–Kier alpha value is -2.74. The van der Waals surface area contributed by atoms with Crippen LogP contribution in [0.1, 0.15) is 18.1 Å². The molecule has 2 aromatic rings. The van der Waals surface area contributed by atoms with E-state index in [4.69, 9.17) is 4.74 Å². The van der Waals surface area contributed by atoms with Crippen molar-refractivity contribution in [2.75, 3.05) is 24.4 Å². The standard InChI is InChI=1S/C16H21N5O3/c1-10-5-11(2)7-13(6-10)20-16-14(21(22)23)15(17-9-18-16)19-12(3)8-24-4/h5-7,9,12H,8H2,1-4H3,(H2,17,18,19,20). The van der Waals surface area contributed by atoms with E-state index in [1.807, 2.05) is 39.0 Å². The molecule has 1 unspecified atom stereocenters. The number of hydrogen-bond donors (Lipinski definition) is 2. The molecule has 2 rings (SSSR count). The fourth-order valence-corrected chi connectivity index (χ4v) is 2.46. The maximum Gasteiger partial charge on any atom is 0.353 e. The Labute approximate surface area is 140 Å². The lowest BCUT2D eigenvalue weighted by molar-refractivity contribution is -0.383. The number of hydrogen-bond acceptors (Lipinski definition) is 7. The first-order valence-corrected chi connectivity index (χ1v) is 7.51. The lowest BCUT2D eigenvalue weighted by atomic mass is 10.1. The van der Waals surface area contributed by atoms with Gasteiger partial charge in [0, 0.05) is 18.8 Å². The predicted octanol–water partition coefficient (Wildman–Crippen LogP) is 3.19. The van der Waals surface area contributed by atoms with Crippen molar-refractivity contribution in [1.29, 1.82) is 0 Å². The summed E-state index contributed by atoms with van der Waals surface area (Å²) in [5.74, 6) is 0.304. The van der Waals surface area contributed by atoms with Crippen LogP contribution in [-0.4, -0.2) is 34.6 Å². The molecule has 1 aromatic carbocycles. The Kier molecular flexibility index (Phi) is 5.64. The zero-order chi connectivity index (χ0) is 17.7.